The second-order valence-corrected chi connectivity index (χ2v) is 5.19. The molecule has 1 aliphatic rings. The van der Waals surface area contributed by atoms with Crippen molar-refractivity contribution >= 4 is 0 Å². The molecule has 0 saturated carbocycles. The van der Waals surface area contributed by atoms with E-state index in [0.29, 0.717) is 12.0 Å². The van der Waals surface area contributed by atoms with Gasteiger partial charge in [-0.05, 0) is 43.0 Å². The molecule has 1 aromatic rings. The fraction of sp³-hybridized carbons (Fsp3) is 0.600. The minimum atomic E-state index is 0.534. The van der Waals surface area contributed by atoms with Crippen LogP contribution in [-0.2, 0) is 0 Å². The van der Waals surface area contributed by atoms with Gasteiger partial charge >= 0.3 is 0 Å². The van der Waals surface area contributed by atoms with Crippen molar-refractivity contribution in [2.75, 3.05) is 13.2 Å². The highest BCUT2D eigenvalue weighted by molar-refractivity contribution is 5.30. The number of nitrogens with one attached hydrogen (secondary N) is 1. The molecule has 2 rings (SSSR count). The Labute approximate surface area is 104 Å². The lowest BCUT2D eigenvalue weighted by molar-refractivity contribution is 0.239. The van der Waals surface area contributed by atoms with Crippen molar-refractivity contribution < 1.29 is 4.74 Å². The molecule has 0 spiro atoms. The average molecular weight is 233 g/mol. The summed E-state index contributed by atoms with van der Waals surface area (Å²) in [4.78, 5) is 0. The zero-order chi connectivity index (χ0) is 12.1. The first-order chi connectivity index (χ1) is 8.25. The highest BCUT2D eigenvalue weighted by Gasteiger charge is 2.12. The quantitative estimate of drug-likeness (QED) is 0.861. The van der Waals surface area contributed by atoms with E-state index in [0.717, 1.165) is 18.9 Å². The van der Waals surface area contributed by atoms with Crippen molar-refractivity contribution in [3.8, 4) is 5.75 Å². The molecule has 0 aliphatic carbocycles. The molecule has 0 amide bonds. The van der Waals surface area contributed by atoms with Crippen LogP contribution in [0.15, 0.2) is 24.3 Å². The van der Waals surface area contributed by atoms with Gasteiger partial charge in [0.15, 0.2) is 0 Å². The third-order valence-corrected chi connectivity index (χ3v) is 3.39. The lowest BCUT2D eigenvalue weighted by atomic mass is 10.0. The Balaban J connectivity index is 1.87. The maximum Gasteiger partial charge on any atom is 0.119 e. The topological polar surface area (TPSA) is 21.3 Å². The van der Waals surface area contributed by atoms with E-state index >= 15 is 0 Å². The minimum absolute atomic E-state index is 0.534. The summed E-state index contributed by atoms with van der Waals surface area (Å²) in [6.45, 7) is 6.35. The summed E-state index contributed by atoms with van der Waals surface area (Å²) >= 11 is 0. The van der Waals surface area contributed by atoms with Gasteiger partial charge in [-0.25, -0.2) is 0 Å². The zero-order valence-corrected chi connectivity index (χ0v) is 10.9. The molecule has 1 atom stereocenters. The minimum Gasteiger partial charge on any atom is -0.492 e. The summed E-state index contributed by atoms with van der Waals surface area (Å²) in [5, 5.41) is 3.50. The van der Waals surface area contributed by atoms with Crippen LogP contribution >= 0.6 is 0 Å². The molecule has 1 heterocycles. The van der Waals surface area contributed by atoms with E-state index in [1.54, 1.807) is 0 Å². The van der Waals surface area contributed by atoms with Crippen LogP contribution in [0.25, 0.3) is 0 Å². The lowest BCUT2D eigenvalue weighted by Crippen LogP contribution is -2.38. The smallest absolute Gasteiger partial charge is 0.119 e. The van der Waals surface area contributed by atoms with Crippen LogP contribution in [0.5, 0.6) is 5.75 Å². The fourth-order valence-electron chi connectivity index (χ4n) is 2.23. The number of ether oxygens (including phenoxy) is 1. The third-order valence-electron chi connectivity index (χ3n) is 3.39. The lowest BCUT2D eigenvalue weighted by Gasteiger charge is -2.23. The predicted octanol–water partition coefficient (Wildman–Crippen LogP) is 3.33. The molecular formula is C15H23NO. The second kappa shape index (κ2) is 6.06. The second-order valence-electron chi connectivity index (χ2n) is 5.19. The van der Waals surface area contributed by atoms with Gasteiger partial charge in [0, 0.05) is 6.04 Å². The number of hydrogen-bond donors (Lipinski definition) is 1. The molecule has 1 N–H and O–H groups in total. The van der Waals surface area contributed by atoms with Gasteiger partial charge in [0.25, 0.3) is 0 Å². The number of hydrogen-bond acceptors (Lipinski definition) is 2. The molecule has 17 heavy (non-hydrogen) atoms. The van der Waals surface area contributed by atoms with Gasteiger partial charge in [-0.1, -0.05) is 32.4 Å². The first-order valence-electron chi connectivity index (χ1n) is 6.72. The van der Waals surface area contributed by atoms with E-state index in [9.17, 15) is 0 Å². The molecule has 0 radical (unpaired) electrons. The van der Waals surface area contributed by atoms with Gasteiger partial charge in [0.1, 0.15) is 12.4 Å². The molecule has 1 aliphatic heterocycles. The molecule has 2 nitrogen and oxygen atoms in total. The van der Waals surface area contributed by atoms with Crippen molar-refractivity contribution in [1.29, 1.82) is 0 Å². The van der Waals surface area contributed by atoms with Crippen LogP contribution in [-0.4, -0.2) is 19.2 Å². The van der Waals surface area contributed by atoms with Crippen molar-refractivity contribution in [2.45, 2.75) is 45.1 Å². The normalized spacial score (nSPS) is 20.5. The Hall–Kier alpha value is -1.02. The Kier molecular flexibility index (Phi) is 4.43. The zero-order valence-electron chi connectivity index (χ0n) is 10.9. The van der Waals surface area contributed by atoms with Gasteiger partial charge in [0.05, 0.1) is 0 Å². The van der Waals surface area contributed by atoms with E-state index < -0.39 is 0 Å². The SMILES string of the molecule is CC(C)c1cccc(OCC2CCCCN2)c1. The number of piperidine rings is 1. The standard InChI is InChI=1S/C15H23NO/c1-12(2)13-6-5-8-15(10-13)17-11-14-7-3-4-9-16-14/h5-6,8,10,12,14,16H,3-4,7,9,11H2,1-2H3. The summed E-state index contributed by atoms with van der Waals surface area (Å²) in [7, 11) is 0. The summed E-state index contributed by atoms with van der Waals surface area (Å²) in [5.41, 5.74) is 1.35. The van der Waals surface area contributed by atoms with Crippen LogP contribution < -0.4 is 10.1 Å². The Morgan fingerprint density at radius 3 is 2.94 bits per heavy atom. The van der Waals surface area contributed by atoms with Gasteiger partial charge in [0.2, 0.25) is 0 Å². The van der Waals surface area contributed by atoms with Gasteiger partial charge < -0.3 is 10.1 Å². The van der Waals surface area contributed by atoms with Crippen molar-refractivity contribution in [3.63, 3.8) is 0 Å². The molecular weight excluding hydrogens is 210 g/mol. The maximum atomic E-state index is 5.87. The molecule has 0 aromatic heterocycles. The molecule has 1 saturated heterocycles. The molecule has 1 unspecified atom stereocenters. The first kappa shape index (κ1) is 12.4. The van der Waals surface area contributed by atoms with Crippen LogP contribution in [0.2, 0.25) is 0 Å². The summed E-state index contributed by atoms with van der Waals surface area (Å²) < 4.78 is 5.87. The summed E-state index contributed by atoms with van der Waals surface area (Å²) in [5.74, 6) is 1.56. The molecule has 94 valence electrons. The van der Waals surface area contributed by atoms with Gasteiger partial charge in [-0.2, -0.15) is 0 Å². The van der Waals surface area contributed by atoms with E-state index in [2.05, 4.69) is 43.4 Å². The number of rotatable bonds is 4. The Morgan fingerprint density at radius 2 is 2.24 bits per heavy atom. The van der Waals surface area contributed by atoms with Crippen LogP contribution in [0.4, 0.5) is 0 Å². The maximum absolute atomic E-state index is 5.87. The van der Waals surface area contributed by atoms with Crippen LogP contribution in [0, 0.1) is 0 Å². The van der Waals surface area contributed by atoms with E-state index in [1.807, 2.05) is 0 Å². The van der Waals surface area contributed by atoms with Crippen LogP contribution in [0.3, 0.4) is 0 Å². The Morgan fingerprint density at radius 1 is 1.35 bits per heavy atom. The highest BCUT2D eigenvalue weighted by atomic mass is 16.5. The monoisotopic (exact) mass is 233 g/mol. The van der Waals surface area contributed by atoms with Crippen LogP contribution in [0.1, 0.15) is 44.6 Å². The van der Waals surface area contributed by atoms with Crippen molar-refractivity contribution in [2.24, 2.45) is 0 Å². The first-order valence-corrected chi connectivity index (χ1v) is 6.72. The Bertz CT molecular complexity index is 343. The van der Waals surface area contributed by atoms with Crippen molar-refractivity contribution in [1.82, 2.24) is 5.32 Å². The molecule has 0 bridgehead atoms. The largest absolute Gasteiger partial charge is 0.492 e. The van der Waals surface area contributed by atoms with Gasteiger partial charge in [-0.15, -0.1) is 0 Å². The summed E-state index contributed by atoms with van der Waals surface area (Å²) in [6.07, 6.45) is 3.87. The van der Waals surface area contributed by atoms with E-state index in [4.69, 9.17) is 4.74 Å². The molecule has 2 heteroatoms. The van der Waals surface area contributed by atoms with E-state index in [-0.39, 0.29) is 0 Å². The highest BCUT2D eigenvalue weighted by Crippen LogP contribution is 2.20. The molecule has 1 aromatic carbocycles. The van der Waals surface area contributed by atoms with Crippen molar-refractivity contribution in [3.05, 3.63) is 29.8 Å². The average Bonchev–Trinajstić information content (AvgIpc) is 2.38. The van der Waals surface area contributed by atoms with Gasteiger partial charge in [-0.3, -0.25) is 0 Å². The summed E-state index contributed by atoms with van der Waals surface area (Å²) in [6, 6.07) is 8.99. The third kappa shape index (κ3) is 3.74. The van der Waals surface area contributed by atoms with E-state index in [1.165, 1.54) is 24.8 Å². The predicted molar refractivity (Wildman–Crippen MR) is 71.7 cm³/mol. The fourth-order valence-corrected chi connectivity index (χ4v) is 2.23. The number of benzene rings is 1. The molecule has 1 fully saturated rings.